The molecule has 1 heterocycles. The molecule has 2 rings (SSSR count). The lowest BCUT2D eigenvalue weighted by molar-refractivity contribution is 0.0533. The highest BCUT2D eigenvalue weighted by molar-refractivity contribution is 6.78. The molecule has 0 aliphatic carbocycles. The number of carbonyl (C=O) groups excluding carboxylic acids is 1. The Morgan fingerprint density at radius 2 is 1.50 bits per heavy atom. The van der Waals surface area contributed by atoms with Crippen LogP contribution in [0.2, 0.25) is 16.6 Å². The van der Waals surface area contributed by atoms with E-state index in [2.05, 4.69) is 48.1 Å². The van der Waals surface area contributed by atoms with Crippen molar-refractivity contribution in [2.24, 2.45) is 0 Å². The number of allylic oxidation sites excluding steroid dienone is 1. The second-order valence-corrected chi connectivity index (χ2v) is 17.6. The summed E-state index contributed by atoms with van der Waals surface area (Å²) < 4.78 is 27.1. The minimum absolute atomic E-state index is 0.339. The lowest BCUT2D eigenvalue weighted by atomic mass is 9.95. The summed E-state index contributed by atoms with van der Waals surface area (Å²) in [6.07, 6.45) is 3.66. The minimum Gasteiger partial charge on any atom is -0.540 e. The van der Waals surface area contributed by atoms with Gasteiger partial charge in [-0.25, -0.2) is 14.3 Å². The molecular formula is C32H52N2O5Si. The van der Waals surface area contributed by atoms with Gasteiger partial charge < -0.3 is 18.6 Å². The van der Waals surface area contributed by atoms with Gasteiger partial charge in [-0.05, 0) is 71.5 Å². The van der Waals surface area contributed by atoms with Gasteiger partial charge in [0.05, 0.1) is 24.5 Å². The molecule has 2 aromatic rings. The monoisotopic (exact) mass is 572 g/mol. The standard InChI is InChI=1S/C32H52N2O5Si/c1-15-18-25-27(26-19-34(24(11)33-26)31(35)38-32(12,13)14)30(29(37-17-3)23(10)28(25)36-16-2)39-40(20(4)5,21(6)7)22(8)9/h15,19-22H,1,16-18H2,2-14H3. The molecule has 8 heteroatoms. The van der Waals surface area contributed by atoms with E-state index in [9.17, 15) is 4.79 Å². The molecule has 0 N–H and O–H groups in total. The van der Waals surface area contributed by atoms with Crippen LogP contribution in [0.15, 0.2) is 18.9 Å². The van der Waals surface area contributed by atoms with Crippen LogP contribution >= 0.6 is 0 Å². The van der Waals surface area contributed by atoms with Gasteiger partial charge in [0.15, 0.2) is 11.5 Å². The van der Waals surface area contributed by atoms with Gasteiger partial charge in [-0.3, -0.25) is 0 Å². The van der Waals surface area contributed by atoms with Gasteiger partial charge in [0.25, 0.3) is 8.32 Å². The number of nitrogens with zero attached hydrogens (tertiary/aromatic N) is 2. The van der Waals surface area contributed by atoms with Crippen LogP contribution in [0.5, 0.6) is 17.2 Å². The van der Waals surface area contributed by atoms with Crippen molar-refractivity contribution in [1.29, 1.82) is 0 Å². The summed E-state index contributed by atoms with van der Waals surface area (Å²) >= 11 is 0. The van der Waals surface area contributed by atoms with Crippen molar-refractivity contribution in [3.63, 3.8) is 0 Å². The SMILES string of the molecule is C=CCc1c(OCC)c(C)c(OCC)c(O[Si](C(C)C)(C(C)C)C(C)C)c1-c1cn(C(=O)OC(C)(C)C)c(C)n1. The van der Waals surface area contributed by atoms with Crippen molar-refractivity contribution in [3.05, 3.63) is 35.8 Å². The summed E-state index contributed by atoms with van der Waals surface area (Å²) in [5, 5.41) is 0. The van der Waals surface area contributed by atoms with Gasteiger partial charge in [0.1, 0.15) is 17.2 Å². The minimum atomic E-state index is -2.43. The van der Waals surface area contributed by atoms with Crippen LogP contribution in [0.1, 0.15) is 93.1 Å². The highest BCUT2D eigenvalue weighted by atomic mass is 28.4. The second-order valence-electron chi connectivity index (χ2n) is 12.3. The van der Waals surface area contributed by atoms with E-state index in [0.717, 1.165) is 22.4 Å². The number of hydrogen-bond donors (Lipinski definition) is 0. The first kappa shape index (κ1) is 33.5. The fourth-order valence-corrected chi connectivity index (χ4v) is 11.1. The molecule has 0 fully saturated rings. The average Bonchev–Trinajstić information content (AvgIpc) is 3.21. The molecule has 224 valence electrons. The number of carbonyl (C=O) groups is 1. The number of hydrogen-bond acceptors (Lipinski definition) is 6. The third kappa shape index (κ3) is 6.76. The van der Waals surface area contributed by atoms with Gasteiger partial charge in [-0.2, -0.15) is 0 Å². The number of aromatic nitrogens is 2. The van der Waals surface area contributed by atoms with E-state index in [1.165, 1.54) is 4.57 Å². The Bertz CT molecular complexity index is 1170. The second kappa shape index (κ2) is 13.3. The molecule has 0 aliphatic rings. The van der Waals surface area contributed by atoms with Crippen LogP contribution in [0.25, 0.3) is 11.3 Å². The Morgan fingerprint density at radius 3 is 1.95 bits per heavy atom. The van der Waals surface area contributed by atoms with Crippen molar-refractivity contribution in [2.75, 3.05) is 13.2 Å². The van der Waals surface area contributed by atoms with Crippen LogP contribution < -0.4 is 13.9 Å². The third-order valence-corrected chi connectivity index (χ3v) is 13.3. The molecule has 0 atom stereocenters. The van der Waals surface area contributed by atoms with Gasteiger partial charge in [0, 0.05) is 17.3 Å². The maximum atomic E-state index is 13.1. The third-order valence-electron chi connectivity index (χ3n) is 7.33. The predicted molar refractivity (Wildman–Crippen MR) is 167 cm³/mol. The number of ether oxygens (including phenoxy) is 3. The molecule has 0 radical (unpaired) electrons. The molecule has 0 amide bonds. The first-order valence-corrected chi connectivity index (χ1v) is 16.8. The van der Waals surface area contributed by atoms with E-state index in [1.807, 2.05) is 47.6 Å². The Balaban J connectivity index is 3.09. The molecule has 1 aromatic heterocycles. The Kier molecular flexibility index (Phi) is 11.1. The molecule has 7 nitrogen and oxygen atoms in total. The van der Waals surface area contributed by atoms with Crippen LogP contribution in [0, 0.1) is 13.8 Å². The summed E-state index contributed by atoms with van der Waals surface area (Å²) in [5.41, 5.74) is 3.57. The van der Waals surface area contributed by atoms with Gasteiger partial charge in [-0.1, -0.05) is 47.6 Å². The zero-order valence-electron chi connectivity index (χ0n) is 27.2. The summed E-state index contributed by atoms with van der Waals surface area (Å²) in [6, 6.07) is 0. The number of benzene rings is 1. The quantitative estimate of drug-likeness (QED) is 0.187. The zero-order chi connectivity index (χ0) is 30.6. The maximum absolute atomic E-state index is 13.1. The average molecular weight is 573 g/mol. The van der Waals surface area contributed by atoms with Gasteiger partial charge >= 0.3 is 6.09 Å². The van der Waals surface area contributed by atoms with E-state index < -0.39 is 20.0 Å². The van der Waals surface area contributed by atoms with Crippen molar-refractivity contribution in [1.82, 2.24) is 9.55 Å². The summed E-state index contributed by atoms with van der Waals surface area (Å²) in [5.74, 6) is 2.60. The normalized spacial score (nSPS) is 12.3. The molecule has 0 saturated carbocycles. The van der Waals surface area contributed by atoms with Crippen LogP contribution in [0.4, 0.5) is 4.79 Å². The first-order valence-electron chi connectivity index (χ1n) is 14.6. The van der Waals surface area contributed by atoms with E-state index >= 15 is 0 Å². The Labute approximate surface area is 243 Å². The largest absolute Gasteiger partial charge is 0.540 e. The van der Waals surface area contributed by atoms with Crippen LogP contribution in [-0.4, -0.2) is 42.8 Å². The lowest BCUT2D eigenvalue weighted by Gasteiger charge is -2.43. The predicted octanol–water partition coefficient (Wildman–Crippen LogP) is 9.03. The topological polar surface area (TPSA) is 71.8 Å². The lowest BCUT2D eigenvalue weighted by Crippen LogP contribution is -2.51. The first-order chi connectivity index (χ1) is 18.6. The van der Waals surface area contributed by atoms with E-state index in [1.54, 1.807) is 13.1 Å². The van der Waals surface area contributed by atoms with Crippen molar-refractivity contribution >= 4 is 14.4 Å². The highest BCUT2D eigenvalue weighted by Crippen LogP contribution is 2.53. The van der Waals surface area contributed by atoms with Crippen LogP contribution in [0.3, 0.4) is 0 Å². The summed E-state index contributed by atoms with van der Waals surface area (Å²) in [4.78, 5) is 18.0. The molecular weight excluding hydrogens is 520 g/mol. The van der Waals surface area contributed by atoms with Crippen molar-refractivity contribution in [3.8, 4) is 28.5 Å². The van der Waals surface area contributed by atoms with Gasteiger partial charge in [-0.15, -0.1) is 6.58 Å². The molecule has 0 saturated heterocycles. The number of rotatable bonds is 12. The maximum Gasteiger partial charge on any atom is 0.420 e. The van der Waals surface area contributed by atoms with Crippen molar-refractivity contribution in [2.45, 2.75) is 119 Å². The van der Waals surface area contributed by atoms with E-state index in [4.69, 9.17) is 23.6 Å². The highest BCUT2D eigenvalue weighted by Gasteiger charge is 2.48. The van der Waals surface area contributed by atoms with Gasteiger partial charge in [0.2, 0.25) is 0 Å². The van der Waals surface area contributed by atoms with Crippen LogP contribution in [-0.2, 0) is 11.2 Å². The fraction of sp³-hybridized carbons (Fsp3) is 0.625. The number of aryl methyl sites for hydroxylation is 1. The Hall–Kier alpha value is -2.74. The molecule has 0 bridgehead atoms. The van der Waals surface area contributed by atoms with E-state index in [0.29, 0.717) is 59.3 Å². The summed E-state index contributed by atoms with van der Waals surface area (Å²) in [6.45, 7) is 31.9. The van der Waals surface area contributed by atoms with E-state index in [-0.39, 0.29) is 0 Å². The van der Waals surface area contributed by atoms with Crippen molar-refractivity contribution < 1.29 is 23.4 Å². The fourth-order valence-electron chi connectivity index (χ4n) is 5.85. The molecule has 0 aliphatic heterocycles. The number of imidazole rings is 1. The molecule has 0 spiro atoms. The summed E-state index contributed by atoms with van der Waals surface area (Å²) in [7, 11) is -2.43. The molecule has 1 aromatic carbocycles. The smallest absolute Gasteiger partial charge is 0.420 e. The molecule has 0 unspecified atom stereocenters. The Morgan fingerprint density at radius 1 is 0.975 bits per heavy atom. The molecule has 40 heavy (non-hydrogen) atoms. The zero-order valence-corrected chi connectivity index (χ0v) is 28.2.